The van der Waals surface area contributed by atoms with E-state index in [0.717, 1.165) is 24.5 Å². The highest BCUT2D eigenvalue weighted by atomic mass is 15.0. The molecule has 0 amide bonds. The van der Waals surface area contributed by atoms with Crippen LogP contribution in [0.2, 0.25) is 0 Å². The molecule has 13 heavy (non-hydrogen) atoms. The van der Waals surface area contributed by atoms with Gasteiger partial charge in [-0.1, -0.05) is 12.1 Å². The Morgan fingerprint density at radius 2 is 2.31 bits per heavy atom. The van der Waals surface area contributed by atoms with Gasteiger partial charge in [-0.2, -0.15) is 0 Å². The maximum atomic E-state index is 5.87. The molecule has 0 aliphatic carbocycles. The minimum atomic E-state index is 0.492. The molecule has 4 N–H and O–H groups in total. The topological polar surface area (TPSA) is 50.1 Å². The molecule has 1 aromatic rings. The van der Waals surface area contributed by atoms with Crippen molar-refractivity contribution in [3.63, 3.8) is 0 Å². The largest absolute Gasteiger partial charge is 0.397 e. The van der Waals surface area contributed by atoms with Crippen LogP contribution in [0.5, 0.6) is 0 Å². The Balaban J connectivity index is 2.35. The van der Waals surface area contributed by atoms with Crippen LogP contribution in [0.4, 0.5) is 11.4 Å². The fourth-order valence-electron chi connectivity index (χ4n) is 1.59. The summed E-state index contributed by atoms with van der Waals surface area (Å²) in [6.07, 6.45) is 0. The smallest absolute Gasteiger partial charge is 0.0620 e. The summed E-state index contributed by atoms with van der Waals surface area (Å²) < 4.78 is 0. The lowest BCUT2D eigenvalue weighted by Gasteiger charge is -2.10. The van der Waals surface area contributed by atoms with Gasteiger partial charge in [0.15, 0.2) is 0 Å². The molecular formula is C10H15N3. The number of para-hydroxylation sites is 1. The van der Waals surface area contributed by atoms with Crippen LogP contribution in [0, 0.1) is 0 Å². The van der Waals surface area contributed by atoms with Crippen molar-refractivity contribution in [2.24, 2.45) is 0 Å². The fourth-order valence-corrected chi connectivity index (χ4v) is 1.59. The second kappa shape index (κ2) is 3.26. The lowest BCUT2D eigenvalue weighted by atomic mass is 10.1. The molecule has 1 aromatic carbocycles. The molecule has 1 aliphatic heterocycles. The molecule has 2 rings (SSSR count). The van der Waals surface area contributed by atoms with Crippen LogP contribution in [0.15, 0.2) is 18.2 Å². The van der Waals surface area contributed by atoms with Crippen LogP contribution in [0.25, 0.3) is 0 Å². The third-order valence-electron chi connectivity index (χ3n) is 2.41. The van der Waals surface area contributed by atoms with E-state index < -0.39 is 0 Å². The SMILES string of the molecule is CC1CNc2c(N)cccc2CN1. The van der Waals surface area contributed by atoms with Gasteiger partial charge in [0.2, 0.25) is 0 Å². The number of benzene rings is 1. The fraction of sp³-hybridized carbons (Fsp3) is 0.400. The van der Waals surface area contributed by atoms with E-state index in [2.05, 4.69) is 23.6 Å². The van der Waals surface area contributed by atoms with E-state index in [1.807, 2.05) is 12.1 Å². The molecule has 1 atom stereocenters. The number of rotatable bonds is 0. The van der Waals surface area contributed by atoms with Crippen molar-refractivity contribution in [1.82, 2.24) is 5.32 Å². The third kappa shape index (κ3) is 1.60. The van der Waals surface area contributed by atoms with Gasteiger partial charge in [-0.25, -0.2) is 0 Å². The first-order valence-corrected chi connectivity index (χ1v) is 4.62. The van der Waals surface area contributed by atoms with Crippen molar-refractivity contribution in [2.45, 2.75) is 19.5 Å². The first-order chi connectivity index (χ1) is 6.27. The standard InChI is InChI=1S/C10H15N3/c1-7-5-13-10-8(6-12-7)3-2-4-9(10)11/h2-4,7,12-13H,5-6,11H2,1H3. The highest BCUT2D eigenvalue weighted by Gasteiger charge is 2.12. The molecule has 70 valence electrons. The first-order valence-electron chi connectivity index (χ1n) is 4.62. The Morgan fingerprint density at radius 1 is 1.46 bits per heavy atom. The summed E-state index contributed by atoms with van der Waals surface area (Å²) in [5, 5.41) is 6.77. The molecule has 1 unspecified atom stereocenters. The summed E-state index contributed by atoms with van der Waals surface area (Å²) in [7, 11) is 0. The summed E-state index contributed by atoms with van der Waals surface area (Å²) in [5.41, 5.74) is 9.06. The molecule has 0 saturated carbocycles. The molecule has 0 saturated heterocycles. The zero-order chi connectivity index (χ0) is 9.26. The van der Waals surface area contributed by atoms with Crippen molar-refractivity contribution in [3.8, 4) is 0 Å². The predicted octanol–water partition coefficient (Wildman–Crippen LogP) is 1.17. The maximum absolute atomic E-state index is 5.87. The molecule has 0 fully saturated rings. The van der Waals surface area contributed by atoms with Gasteiger partial charge in [0.1, 0.15) is 0 Å². The Labute approximate surface area is 78.3 Å². The van der Waals surface area contributed by atoms with Crippen LogP contribution in [-0.2, 0) is 6.54 Å². The van der Waals surface area contributed by atoms with Crippen LogP contribution in [0.1, 0.15) is 12.5 Å². The average molecular weight is 177 g/mol. The minimum Gasteiger partial charge on any atom is -0.397 e. The molecule has 0 radical (unpaired) electrons. The van der Waals surface area contributed by atoms with Crippen LogP contribution in [-0.4, -0.2) is 12.6 Å². The first kappa shape index (κ1) is 8.38. The van der Waals surface area contributed by atoms with E-state index in [-0.39, 0.29) is 0 Å². The zero-order valence-electron chi connectivity index (χ0n) is 7.80. The molecule has 1 heterocycles. The van der Waals surface area contributed by atoms with Gasteiger partial charge in [0.25, 0.3) is 0 Å². The second-order valence-corrected chi connectivity index (χ2v) is 3.54. The lowest BCUT2D eigenvalue weighted by molar-refractivity contribution is 0.581. The predicted molar refractivity (Wildman–Crippen MR) is 55.6 cm³/mol. The number of anilines is 2. The van der Waals surface area contributed by atoms with Crippen LogP contribution < -0.4 is 16.4 Å². The summed E-state index contributed by atoms with van der Waals surface area (Å²) in [6, 6.07) is 6.52. The third-order valence-corrected chi connectivity index (χ3v) is 2.41. The van der Waals surface area contributed by atoms with E-state index in [4.69, 9.17) is 5.73 Å². The van der Waals surface area contributed by atoms with Gasteiger partial charge in [-0.3, -0.25) is 0 Å². The minimum absolute atomic E-state index is 0.492. The Kier molecular flexibility index (Phi) is 2.10. The molecule has 3 heteroatoms. The van der Waals surface area contributed by atoms with Gasteiger partial charge >= 0.3 is 0 Å². The summed E-state index contributed by atoms with van der Waals surface area (Å²) in [4.78, 5) is 0. The van der Waals surface area contributed by atoms with Crippen molar-refractivity contribution in [3.05, 3.63) is 23.8 Å². The molecular weight excluding hydrogens is 162 g/mol. The van der Waals surface area contributed by atoms with Crippen molar-refractivity contribution < 1.29 is 0 Å². The van der Waals surface area contributed by atoms with Crippen molar-refractivity contribution in [2.75, 3.05) is 17.6 Å². The van der Waals surface area contributed by atoms with Gasteiger partial charge < -0.3 is 16.4 Å². The molecule has 0 bridgehead atoms. The summed E-state index contributed by atoms with van der Waals surface area (Å²) >= 11 is 0. The van der Waals surface area contributed by atoms with Crippen LogP contribution in [0.3, 0.4) is 0 Å². The van der Waals surface area contributed by atoms with Gasteiger partial charge in [0.05, 0.1) is 11.4 Å². The van der Waals surface area contributed by atoms with E-state index in [1.54, 1.807) is 0 Å². The number of nitrogens with two attached hydrogens (primary N) is 1. The molecule has 3 nitrogen and oxygen atoms in total. The Morgan fingerprint density at radius 3 is 3.15 bits per heavy atom. The molecule has 1 aliphatic rings. The van der Waals surface area contributed by atoms with Gasteiger partial charge in [-0.05, 0) is 18.6 Å². The van der Waals surface area contributed by atoms with Crippen molar-refractivity contribution in [1.29, 1.82) is 0 Å². The Hall–Kier alpha value is -1.22. The van der Waals surface area contributed by atoms with E-state index in [1.165, 1.54) is 5.56 Å². The number of hydrogen-bond donors (Lipinski definition) is 3. The quantitative estimate of drug-likeness (QED) is 0.521. The average Bonchev–Trinajstić information content (AvgIpc) is 2.30. The second-order valence-electron chi connectivity index (χ2n) is 3.54. The van der Waals surface area contributed by atoms with Crippen molar-refractivity contribution >= 4 is 11.4 Å². The highest BCUT2D eigenvalue weighted by Crippen LogP contribution is 2.24. The van der Waals surface area contributed by atoms with Gasteiger partial charge in [0, 0.05) is 19.1 Å². The van der Waals surface area contributed by atoms with E-state index >= 15 is 0 Å². The molecule has 0 spiro atoms. The summed E-state index contributed by atoms with van der Waals surface area (Å²) in [5.74, 6) is 0. The number of fused-ring (bicyclic) bond motifs is 1. The normalized spacial score (nSPS) is 21.5. The zero-order valence-corrected chi connectivity index (χ0v) is 7.80. The van der Waals surface area contributed by atoms with E-state index in [9.17, 15) is 0 Å². The van der Waals surface area contributed by atoms with E-state index in [0.29, 0.717) is 6.04 Å². The highest BCUT2D eigenvalue weighted by molar-refractivity contribution is 5.70. The van der Waals surface area contributed by atoms with Gasteiger partial charge in [-0.15, -0.1) is 0 Å². The number of hydrogen-bond acceptors (Lipinski definition) is 3. The number of nitrogen functional groups attached to an aromatic ring is 1. The lowest BCUT2D eigenvalue weighted by Crippen LogP contribution is -2.29. The van der Waals surface area contributed by atoms with Crippen LogP contribution >= 0.6 is 0 Å². The Bertz CT molecular complexity index is 309. The molecule has 0 aromatic heterocycles. The monoisotopic (exact) mass is 177 g/mol. The maximum Gasteiger partial charge on any atom is 0.0620 e. The number of nitrogens with one attached hydrogen (secondary N) is 2. The summed E-state index contributed by atoms with van der Waals surface area (Å²) in [6.45, 7) is 3.99.